The molecule has 0 bridgehead atoms. The zero-order valence-corrected chi connectivity index (χ0v) is 11.9. The minimum absolute atomic E-state index is 0.409. The fraction of sp³-hybridized carbons (Fsp3) is 0.500. The maximum atomic E-state index is 5.43. The molecule has 0 amide bonds. The molecule has 0 saturated heterocycles. The zero-order valence-electron chi connectivity index (χ0n) is 11.9. The van der Waals surface area contributed by atoms with Crippen LogP contribution in [0.15, 0.2) is 24.3 Å². The normalized spacial score (nSPS) is 12.4. The van der Waals surface area contributed by atoms with Gasteiger partial charge in [0.25, 0.3) is 0 Å². The molecule has 0 aliphatic carbocycles. The molecule has 98 valence electrons. The van der Waals surface area contributed by atoms with E-state index in [1.165, 1.54) is 5.56 Å². The molecule has 0 fully saturated rings. The van der Waals surface area contributed by atoms with E-state index in [0.29, 0.717) is 18.5 Å². The summed E-state index contributed by atoms with van der Waals surface area (Å²) in [5.41, 5.74) is 7.79. The Kier molecular flexibility index (Phi) is 5.91. The number of hydrogen-bond donors (Lipinski definition) is 1. The summed E-state index contributed by atoms with van der Waals surface area (Å²) < 4.78 is 0. The third kappa shape index (κ3) is 4.18. The van der Waals surface area contributed by atoms with Crippen LogP contribution in [0.5, 0.6) is 0 Å². The van der Waals surface area contributed by atoms with Crippen molar-refractivity contribution in [1.29, 1.82) is 0 Å². The Morgan fingerprint density at radius 3 is 2.50 bits per heavy atom. The lowest BCUT2D eigenvalue weighted by Crippen LogP contribution is -2.32. The Balaban J connectivity index is 2.84. The Bertz CT molecular complexity index is 426. The van der Waals surface area contributed by atoms with Gasteiger partial charge in [-0.05, 0) is 31.5 Å². The summed E-state index contributed by atoms with van der Waals surface area (Å²) in [6.07, 6.45) is 0. The van der Waals surface area contributed by atoms with Crippen molar-refractivity contribution in [1.82, 2.24) is 4.90 Å². The first kappa shape index (κ1) is 14.8. The van der Waals surface area contributed by atoms with Crippen LogP contribution in [0.2, 0.25) is 0 Å². The number of nitrogens with zero attached hydrogens (tertiary/aromatic N) is 1. The van der Waals surface area contributed by atoms with Crippen LogP contribution >= 0.6 is 0 Å². The molecular formula is C16H24N2. The Morgan fingerprint density at radius 1 is 1.22 bits per heavy atom. The van der Waals surface area contributed by atoms with Gasteiger partial charge in [0.1, 0.15) is 0 Å². The molecule has 1 unspecified atom stereocenters. The highest BCUT2D eigenvalue weighted by Gasteiger charge is 2.14. The molecule has 2 nitrogen and oxygen atoms in total. The monoisotopic (exact) mass is 244 g/mol. The van der Waals surface area contributed by atoms with Gasteiger partial charge in [0.05, 0.1) is 6.54 Å². The van der Waals surface area contributed by atoms with Gasteiger partial charge in [0, 0.05) is 18.2 Å². The van der Waals surface area contributed by atoms with Crippen LogP contribution in [0.1, 0.15) is 31.9 Å². The highest BCUT2D eigenvalue weighted by atomic mass is 15.1. The van der Waals surface area contributed by atoms with Gasteiger partial charge in [-0.2, -0.15) is 0 Å². The molecule has 18 heavy (non-hydrogen) atoms. The second-order valence-corrected chi connectivity index (χ2v) is 5.06. The van der Waals surface area contributed by atoms with E-state index < -0.39 is 0 Å². The summed E-state index contributed by atoms with van der Waals surface area (Å²) in [7, 11) is 2.16. The predicted octanol–water partition coefficient (Wildman–Crippen LogP) is 2.47. The highest BCUT2D eigenvalue weighted by molar-refractivity contribution is 5.41. The lowest BCUT2D eigenvalue weighted by molar-refractivity contribution is 0.200. The first-order chi connectivity index (χ1) is 8.56. The molecule has 0 radical (unpaired) electrons. The van der Waals surface area contributed by atoms with E-state index in [9.17, 15) is 0 Å². The second kappa shape index (κ2) is 7.20. The molecule has 0 aromatic heterocycles. The summed E-state index contributed by atoms with van der Waals surface area (Å²) in [5.74, 6) is 6.72. The van der Waals surface area contributed by atoms with Crippen LogP contribution in [-0.4, -0.2) is 24.5 Å². The van der Waals surface area contributed by atoms with Crippen molar-refractivity contribution in [3.05, 3.63) is 35.4 Å². The highest BCUT2D eigenvalue weighted by Crippen LogP contribution is 2.15. The number of benzene rings is 1. The lowest BCUT2D eigenvalue weighted by Gasteiger charge is -2.28. The van der Waals surface area contributed by atoms with Crippen molar-refractivity contribution in [2.45, 2.75) is 33.4 Å². The molecule has 1 rings (SSSR count). The topological polar surface area (TPSA) is 29.3 Å². The van der Waals surface area contributed by atoms with E-state index in [0.717, 1.165) is 12.1 Å². The van der Waals surface area contributed by atoms with Crippen molar-refractivity contribution < 1.29 is 0 Å². The first-order valence-corrected chi connectivity index (χ1v) is 6.53. The molecule has 2 N–H and O–H groups in total. The van der Waals surface area contributed by atoms with Gasteiger partial charge in [0.2, 0.25) is 0 Å². The van der Waals surface area contributed by atoms with Crippen LogP contribution < -0.4 is 5.73 Å². The van der Waals surface area contributed by atoms with Gasteiger partial charge in [-0.1, -0.05) is 43.9 Å². The van der Waals surface area contributed by atoms with Crippen molar-refractivity contribution in [2.75, 3.05) is 13.6 Å². The van der Waals surface area contributed by atoms with Gasteiger partial charge in [-0.15, -0.1) is 0 Å². The lowest BCUT2D eigenvalue weighted by atomic mass is 10.0. The van der Waals surface area contributed by atoms with E-state index in [4.69, 9.17) is 5.73 Å². The fourth-order valence-corrected chi connectivity index (χ4v) is 1.85. The average Bonchev–Trinajstić information content (AvgIpc) is 2.36. The third-order valence-corrected chi connectivity index (χ3v) is 3.42. The van der Waals surface area contributed by atoms with Gasteiger partial charge in [-0.25, -0.2) is 0 Å². The first-order valence-electron chi connectivity index (χ1n) is 6.53. The summed E-state index contributed by atoms with van der Waals surface area (Å²) >= 11 is 0. The Hall–Kier alpha value is -1.30. The van der Waals surface area contributed by atoms with Crippen molar-refractivity contribution in [3.8, 4) is 11.8 Å². The van der Waals surface area contributed by atoms with Crippen molar-refractivity contribution in [2.24, 2.45) is 11.7 Å². The quantitative estimate of drug-likeness (QED) is 0.824. The molecule has 1 atom stereocenters. The van der Waals surface area contributed by atoms with Gasteiger partial charge < -0.3 is 5.73 Å². The summed E-state index contributed by atoms with van der Waals surface area (Å²) in [5, 5.41) is 0. The van der Waals surface area contributed by atoms with Crippen LogP contribution in [0.3, 0.4) is 0 Å². The van der Waals surface area contributed by atoms with Crippen LogP contribution in [0.25, 0.3) is 0 Å². The Labute approximate surface area is 111 Å². The molecule has 1 aromatic rings. The summed E-state index contributed by atoms with van der Waals surface area (Å²) in [4.78, 5) is 2.37. The fourth-order valence-electron chi connectivity index (χ4n) is 1.85. The molecule has 0 spiro atoms. The van der Waals surface area contributed by atoms with E-state index in [2.05, 4.69) is 62.8 Å². The summed E-state index contributed by atoms with van der Waals surface area (Å²) in [6.45, 7) is 8.10. The van der Waals surface area contributed by atoms with Crippen LogP contribution in [0, 0.1) is 17.8 Å². The van der Waals surface area contributed by atoms with Gasteiger partial charge in [-0.3, -0.25) is 4.90 Å². The minimum atomic E-state index is 0.409. The SMILES string of the molecule is CC(C)C(C)N(C)Cc1ccccc1C#CCN. The number of hydrogen-bond acceptors (Lipinski definition) is 2. The molecule has 0 aliphatic heterocycles. The maximum Gasteiger partial charge on any atom is 0.0555 e. The smallest absolute Gasteiger partial charge is 0.0555 e. The molecule has 1 aromatic carbocycles. The van der Waals surface area contributed by atoms with Gasteiger partial charge in [0.15, 0.2) is 0 Å². The zero-order chi connectivity index (χ0) is 13.5. The largest absolute Gasteiger partial charge is 0.320 e. The molecule has 0 saturated carbocycles. The van der Waals surface area contributed by atoms with Crippen LogP contribution in [-0.2, 0) is 6.54 Å². The third-order valence-electron chi connectivity index (χ3n) is 3.42. The molecule has 0 aliphatic rings. The number of rotatable bonds is 4. The van der Waals surface area contributed by atoms with E-state index in [-0.39, 0.29) is 0 Å². The summed E-state index contributed by atoms with van der Waals surface area (Å²) in [6, 6.07) is 8.85. The van der Waals surface area contributed by atoms with Crippen molar-refractivity contribution in [3.63, 3.8) is 0 Å². The number of nitrogens with two attached hydrogens (primary N) is 1. The second-order valence-electron chi connectivity index (χ2n) is 5.06. The average molecular weight is 244 g/mol. The predicted molar refractivity (Wildman–Crippen MR) is 78.1 cm³/mol. The standard InChI is InChI=1S/C16H24N2/c1-13(2)14(3)18(4)12-16-9-6-5-8-15(16)10-7-11-17/h5-6,8-9,13-14H,11-12,17H2,1-4H3. The molecule has 2 heteroatoms. The Morgan fingerprint density at radius 2 is 1.89 bits per heavy atom. The van der Waals surface area contributed by atoms with E-state index in [1.807, 2.05) is 6.07 Å². The molecule has 0 heterocycles. The minimum Gasteiger partial charge on any atom is -0.320 e. The maximum absolute atomic E-state index is 5.43. The van der Waals surface area contributed by atoms with E-state index in [1.54, 1.807) is 0 Å². The molecular weight excluding hydrogens is 220 g/mol. The van der Waals surface area contributed by atoms with E-state index >= 15 is 0 Å². The van der Waals surface area contributed by atoms with Crippen molar-refractivity contribution >= 4 is 0 Å². The van der Waals surface area contributed by atoms with Gasteiger partial charge >= 0.3 is 0 Å². The van der Waals surface area contributed by atoms with Crippen LogP contribution in [0.4, 0.5) is 0 Å².